The van der Waals surface area contributed by atoms with Gasteiger partial charge in [0.1, 0.15) is 0 Å². The van der Waals surface area contributed by atoms with E-state index in [4.69, 9.17) is 0 Å². The van der Waals surface area contributed by atoms with Gasteiger partial charge in [0.25, 0.3) is 0 Å². The van der Waals surface area contributed by atoms with E-state index in [1.54, 1.807) is 0 Å². The van der Waals surface area contributed by atoms with Gasteiger partial charge in [-0.2, -0.15) is 0 Å². The normalized spacial score (nSPS) is 21.1. The molecule has 2 atom stereocenters. The second kappa shape index (κ2) is 7.02. The van der Waals surface area contributed by atoms with Crippen LogP contribution in [0.3, 0.4) is 0 Å². The van der Waals surface area contributed by atoms with Gasteiger partial charge in [-0.3, -0.25) is 0 Å². The van der Waals surface area contributed by atoms with Gasteiger partial charge in [-0.05, 0) is 11.1 Å². The highest BCUT2D eigenvalue weighted by atomic mass is 15.8. The molecule has 21 heavy (non-hydrogen) atoms. The van der Waals surface area contributed by atoms with E-state index in [0.717, 1.165) is 19.8 Å². The predicted molar refractivity (Wildman–Crippen MR) is 89.2 cm³/mol. The summed E-state index contributed by atoms with van der Waals surface area (Å²) in [7, 11) is 0. The van der Waals surface area contributed by atoms with Crippen LogP contribution in [0.4, 0.5) is 0 Å². The van der Waals surface area contributed by atoms with Gasteiger partial charge in [0.15, 0.2) is 0 Å². The average molecular weight is 276 g/mol. The Morgan fingerprint density at radius 1 is 0.667 bits per heavy atom. The number of nitrogens with zero attached hydrogens (tertiary/aromatic N) is 2. The monoisotopic (exact) mass is 276 g/mol. The molecule has 0 aromatic heterocycles. The molecule has 2 aromatic rings. The van der Waals surface area contributed by atoms with Crippen LogP contribution in [0.2, 0.25) is 0 Å². The smallest absolute Gasteiger partial charge is 0.0794 e. The Hall–Kier alpha value is -2.16. The Morgan fingerprint density at radius 3 is 1.52 bits per heavy atom. The summed E-state index contributed by atoms with van der Waals surface area (Å²) >= 11 is 0. The molecule has 2 nitrogen and oxygen atoms in total. The van der Waals surface area contributed by atoms with Crippen LogP contribution >= 0.6 is 0 Å². The fourth-order valence-electron chi connectivity index (χ4n) is 2.26. The minimum atomic E-state index is 0.980. The molecule has 1 aliphatic rings. The molecule has 3 rings (SSSR count). The maximum Gasteiger partial charge on any atom is 0.0794 e. The van der Waals surface area contributed by atoms with Crippen molar-refractivity contribution < 1.29 is 0 Å². The molecule has 106 valence electrons. The number of benzene rings is 2. The van der Waals surface area contributed by atoms with Crippen LogP contribution in [0.1, 0.15) is 11.1 Å². The first-order valence-electron chi connectivity index (χ1n) is 7.35. The quantitative estimate of drug-likeness (QED) is 0.738. The zero-order valence-corrected chi connectivity index (χ0v) is 12.1. The highest BCUT2D eigenvalue weighted by Crippen LogP contribution is 2.15. The molecule has 0 radical (unpaired) electrons. The Morgan fingerprint density at radius 2 is 1.10 bits per heavy atom. The van der Waals surface area contributed by atoms with Crippen molar-refractivity contribution in [2.24, 2.45) is 0 Å². The Balaban J connectivity index is 1.39. The number of rotatable bonds is 6. The first-order valence-corrected chi connectivity index (χ1v) is 7.35. The van der Waals surface area contributed by atoms with E-state index in [2.05, 4.69) is 82.9 Å². The summed E-state index contributed by atoms with van der Waals surface area (Å²) in [5.41, 5.74) is 2.52. The second-order valence-corrected chi connectivity index (χ2v) is 5.15. The number of hydrazine groups is 1. The van der Waals surface area contributed by atoms with Gasteiger partial charge in [-0.25, -0.2) is 10.0 Å². The van der Waals surface area contributed by atoms with Crippen molar-refractivity contribution in [3.05, 3.63) is 83.9 Å². The molecule has 1 fully saturated rings. The lowest BCUT2D eigenvalue weighted by Crippen LogP contribution is -2.06. The summed E-state index contributed by atoms with van der Waals surface area (Å²) in [4.78, 5) is 0. The molecule has 1 saturated heterocycles. The largest absolute Gasteiger partial charge is 0.221 e. The molecule has 2 unspecified atom stereocenters. The van der Waals surface area contributed by atoms with Gasteiger partial charge in [0.05, 0.1) is 6.67 Å². The molecule has 2 aromatic carbocycles. The molecular formula is C19H20N2. The molecule has 2 heteroatoms. The predicted octanol–water partition coefficient (Wildman–Crippen LogP) is 3.90. The van der Waals surface area contributed by atoms with E-state index >= 15 is 0 Å². The highest BCUT2D eigenvalue weighted by Gasteiger charge is 2.27. The van der Waals surface area contributed by atoms with Crippen molar-refractivity contribution in [3.8, 4) is 0 Å². The van der Waals surface area contributed by atoms with Crippen LogP contribution in [0.25, 0.3) is 12.2 Å². The van der Waals surface area contributed by atoms with Crippen molar-refractivity contribution in [1.29, 1.82) is 0 Å². The molecule has 0 aliphatic carbocycles. The second-order valence-electron chi connectivity index (χ2n) is 5.15. The van der Waals surface area contributed by atoms with E-state index in [0.29, 0.717) is 0 Å². The molecule has 1 heterocycles. The van der Waals surface area contributed by atoms with Gasteiger partial charge in [-0.1, -0.05) is 85.0 Å². The van der Waals surface area contributed by atoms with E-state index in [-0.39, 0.29) is 0 Å². The van der Waals surface area contributed by atoms with Crippen molar-refractivity contribution >= 4 is 12.2 Å². The molecule has 0 bridgehead atoms. The summed E-state index contributed by atoms with van der Waals surface area (Å²) in [6.45, 7) is 3.01. The third kappa shape index (κ3) is 4.42. The average Bonchev–Trinajstić information content (AvgIpc) is 3.28. The zero-order valence-electron chi connectivity index (χ0n) is 12.1. The summed E-state index contributed by atoms with van der Waals surface area (Å²) in [5, 5.41) is 4.66. The first-order chi connectivity index (χ1) is 10.4. The summed E-state index contributed by atoms with van der Waals surface area (Å²) < 4.78 is 0. The first kappa shape index (κ1) is 13.8. The minimum Gasteiger partial charge on any atom is -0.221 e. The molecule has 0 N–H and O–H groups in total. The molecule has 0 saturated carbocycles. The zero-order chi connectivity index (χ0) is 14.3. The Bertz CT molecular complexity index is 546. The third-order valence-electron chi connectivity index (χ3n) is 3.49. The van der Waals surface area contributed by atoms with Crippen LogP contribution in [-0.4, -0.2) is 29.8 Å². The standard InChI is InChI=1S/C19H20N2/c1-3-9-18(10-4-1)13-7-15-20-17-21(20)16-8-14-19-11-5-2-6-12-19/h1-14H,15-17H2/b13-7+,14-8+. The molecule has 1 aliphatic heterocycles. The maximum atomic E-state index is 2.33. The van der Waals surface area contributed by atoms with E-state index < -0.39 is 0 Å². The fourth-order valence-corrected chi connectivity index (χ4v) is 2.26. The lowest BCUT2D eigenvalue weighted by Gasteiger charge is -1.99. The van der Waals surface area contributed by atoms with Crippen molar-refractivity contribution in [2.45, 2.75) is 0 Å². The molecular weight excluding hydrogens is 256 g/mol. The van der Waals surface area contributed by atoms with E-state index in [9.17, 15) is 0 Å². The van der Waals surface area contributed by atoms with Crippen LogP contribution in [0, 0.1) is 0 Å². The Labute approximate surface area is 126 Å². The summed E-state index contributed by atoms with van der Waals surface area (Å²) in [6, 6.07) is 20.9. The SMILES string of the molecule is C(=C\c1ccccc1)/CN1CN1C/C=C/c1ccccc1. The van der Waals surface area contributed by atoms with Crippen molar-refractivity contribution in [3.63, 3.8) is 0 Å². The van der Waals surface area contributed by atoms with Gasteiger partial charge in [0, 0.05) is 13.1 Å². The molecule has 0 amide bonds. The van der Waals surface area contributed by atoms with Crippen LogP contribution < -0.4 is 0 Å². The van der Waals surface area contributed by atoms with Crippen LogP contribution in [0.5, 0.6) is 0 Å². The Kier molecular flexibility index (Phi) is 4.62. The van der Waals surface area contributed by atoms with Gasteiger partial charge in [0.2, 0.25) is 0 Å². The minimum absolute atomic E-state index is 0.980. The molecule has 0 spiro atoms. The van der Waals surface area contributed by atoms with Crippen LogP contribution in [-0.2, 0) is 0 Å². The fraction of sp³-hybridized carbons (Fsp3) is 0.158. The maximum absolute atomic E-state index is 2.33. The van der Waals surface area contributed by atoms with Gasteiger partial charge in [-0.15, -0.1) is 0 Å². The lowest BCUT2D eigenvalue weighted by atomic mass is 10.2. The van der Waals surface area contributed by atoms with E-state index in [1.807, 2.05) is 12.1 Å². The third-order valence-corrected chi connectivity index (χ3v) is 3.49. The number of hydrogen-bond donors (Lipinski definition) is 0. The number of hydrogen-bond acceptors (Lipinski definition) is 2. The van der Waals surface area contributed by atoms with Crippen molar-refractivity contribution in [1.82, 2.24) is 10.0 Å². The summed E-state index contributed by atoms with van der Waals surface area (Å²) in [5.74, 6) is 0. The summed E-state index contributed by atoms with van der Waals surface area (Å²) in [6.07, 6.45) is 8.79. The van der Waals surface area contributed by atoms with Gasteiger partial charge < -0.3 is 0 Å². The van der Waals surface area contributed by atoms with Gasteiger partial charge >= 0.3 is 0 Å². The van der Waals surface area contributed by atoms with E-state index in [1.165, 1.54) is 11.1 Å². The lowest BCUT2D eigenvalue weighted by molar-refractivity contribution is 0.356. The topological polar surface area (TPSA) is 6.02 Å². The van der Waals surface area contributed by atoms with Crippen molar-refractivity contribution in [2.75, 3.05) is 19.8 Å². The highest BCUT2D eigenvalue weighted by molar-refractivity contribution is 5.49. The van der Waals surface area contributed by atoms with Crippen LogP contribution in [0.15, 0.2) is 72.8 Å².